The zero-order valence-electron chi connectivity index (χ0n) is 15.5. The maximum Gasteiger partial charge on any atom is 0.215 e. The van der Waals surface area contributed by atoms with Gasteiger partial charge in [-0.1, -0.05) is 60.1 Å². The van der Waals surface area contributed by atoms with Gasteiger partial charge < -0.3 is 4.90 Å². The van der Waals surface area contributed by atoms with Crippen molar-refractivity contribution in [3.63, 3.8) is 0 Å². The van der Waals surface area contributed by atoms with E-state index >= 15 is 0 Å². The molecule has 146 valence electrons. The van der Waals surface area contributed by atoms with Crippen LogP contribution in [0.2, 0.25) is 5.02 Å². The van der Waals surface area contributed by atoms with Gasteiger partial charge in [0.15, 0.2) is 0 Å². The average Bonchev–Trinajstić information content (AvgIpc) is 2.68. The second kappa shape index (κ2) is 9.69. The highest BCUT2D eigenvalue weighted by Gasteiger charge is 2.21. The van der Waals surface area contributed by atoms with Crippen LogP contribution in [0.15, 0.2) is 54.6 Å². The molecule has 1 fully saturated rings. The van der Waals surface area contributed by atoms with Crippen molar-refractivity contribution in [1.29, 1.82) is 0 Å². The first-order valence-corrected chi connectivity index (χ1v) is 11.5. The molecule has 0 unspecified atom stereocenters. The van der Waals surface area contributed by atoms with Gasteiger partial charge in [-0.15, -0.1) is 0 Å². The number of likely N-dealkylation sites (tertiary alicyclic amines) is 1. The monoisotopic (exact) mass is 406 g/mol. The van der Waals surface area contributed by atoms with Crippen molar-refractivity contribution in [2.24, 2.45) is 5.92 Å². The molecule has 0 aliphatic carbocycles. The molecule has 1 saturated heterocycles. The van der Waals surface area contributed by atoms with Crippen LogP contribution in [0.1, 0.15) is 24.0 Å². The van der Waals surface area contributed by atoms with Crippen LogP contribution >= 0.6 is 11.6 Å². The third-order valence-electron chi connectivity index (χ3n) is 5.16. The molecule has 1 heterocycles. The Labute approximate surface area is 167 Å². The maximum atomic E-state index is 12.3. The van der Waals surface area contributed by atoms with Crippen molar-refractivity contribution < 1.29 is 8.42 Å². The van der Waals surface area contributed by atoms with E-state index in [1.165, 1.54) is 5.56 Å². The molecule has 0 radical (unpaired) electrons. The van der Waals surface area contributed by atoms with Crippen LogP contribution in [0.25, 0.3) is 0 Å². The van der Waals surface area contributed by atoms with Crippen molar-refractivity contribution in [3.05, 3.63) is 70.7 Å². The lowest BCUT2D eigenvalue weighted by Gasteiger charge is -2.32. The molecule has 1 aliphatic heterocycles. The smallest absolute Gasteiger partial charge is 0.215 e. The van der Waals surface area contributed by atoms with Gasteiger partial charge in [-0.05, 0) is 55.5 Å². The third kappa shape index (κ3) is 6.61. The summed E-state index contributed by atoms with van der Waals surface area (Å²) in [5.41, 5.74) is 2.01. The SMILES string of the molecule is O=S(=O)(Cc1ccccc1Cl)NCC1CCN(CCc2ccccc2)CC1. The molecule has 0 amide bonds. The second-order valence-corrected chi connectivity index (χ2v) is 9.43. The van der Waals surface area contributed by atoms with Gasteiger partial charge in [-0.25, -0.2) is 13.1 Å². The summed E-state index contributed by atoms with van der Waals surface area (Å²) in [6.45, 7) is 3.64. The third-order valence-corrected chi connectivity index (χ3v) is 6.83. The van der Waals surface area contributed by atoms with E-state index in [-0.39, 0.29) is 5.75 Å². The Morgan fingerprint density at radius 3 is 2.37 bits per heavy atom. The number of rotatable bonds is 8. The molecule has 1 N–H and O–H groups in total. The summed E-state index contributed by atoms with van der Waals surface area (Å²) in [4.78, 5) is 2.47. The first-order valence-electron chi connectivity index (χ1n) is 9.49. The van der Waals surface area contributed by atoms with Crippen LogP contribution in [0.4, 0.5) is 0 Å². The highest BCUT2D eigenvalue weighted by Crippen LogP contribution is 2.19. The fourth-order valence-corrected chi connectivity index (χ4v) is 5.00. The first kappa shape index (κ1) is 20.3. The lowest BCUT2D eigenvalue weighted by Crippen LogP contribution is -2.39. The molecule has 4 nitrogen and oxygen atoms in total. The van der Waals surface area contributed by atoms with Crippen LogP contribution in [-0.4, -0.2) is 39.5 Å². The van der Waals surface area contributed by atoms with Crippen molar-refractivity contribution in [2.45, 2.75) is 25.0 Å². The standard InChI is InChI=1S/C21H27ClN2O2S/c22-21-9-5-4-8-20(21)17-27(25,26)23-16-19-11-14-24(15-12-19)13-10-18-6-2-1-3-7-18/h1-9,19,23H,10-17H2. The Morgan fingerprint density at radius 2 is 1.67 bits per heavy atom. The molecule has 0 atom stereocenters. The van der Waals surface area contributed by atoms with E-state index in [2.05, 4.69) is 33.9 Å². The minimum absolute atomic E-state index is 0.0669. The zero-order valence-corrected chi connectivity index (χ0v) is 17.1. The molecule has 27 heavy (non-hydrogen) atoms. The highest BCUT2D eigenvalue weighted by molar-refractivity contribution is 7.88. The first-order chi connectivity index (χ1) is 13.0. The van der Waals surface area contributed by atoms with Crippen LogP contribution < -0.4 is 4.72 Å². The second-order valence-electron chi connectivity index (χ2n) is 7.22. The van der Waals surface area contributed by atoms with Crippen molar-refractivity contribution >= 4 is 21.6 Å². The van der Waals surface area contributed by atoms with E-state index in [0.717, 1.165) is 38.9 Å². The van der Waals surface area contributed by atoms with Gasteiger partial charge in [0.2, 0.25) is 10.0 Å². The maximum absolute atomic E-state index is 12.3. The average molecular weight is 407 g/mol. The van der Waals surface area contributed by atoms with Crippen molar-refractivity contribution in [3.8, 4) is 0 Å². The van der Waals surface area contributed by atoms with Crippen molar-refractivity contribution in [1.82, 2.24) is 9.62 Å². The number of nitrogens with one attached hydrogen (secondary N) is 1. The van der Waals surface area contributed by atoms with Gasteiger partial charge in [0, 0.05) is 18.1 Å². The largest absolute Gasteiger partial charge is 0.303 e. The van der Waals surface area contributed by atoms with E-state index in [1.807, 2.05) is 12.1 Å². The summed E-state index contributed by atoms with van der Waals surface area (Å²) in [6, 6.07) is 17.6. The van der Waals surface area contributed by atoms with Crippen LogP contribution in [0.3, 0.4) is 0 Å². The fraction of sp³-hybridized carbons (Fsp3) is 0.429. The Balaban J connectivity index is 1.39. The molecular weight excluding hydrogens is 380 g/mol. The zero-order chi connectivity index (χ0) is 19.1. The van der Waals surface area contributed by atoms with Crippen LogP contribution in [0.5, 0.6) is 0 Å². The fourth-order valence-electron chi connectivity index (χ4n) is 3.46. The van der Waals surface area contributed by atoms with Gasteiger partial charge >= 0.3 is 0 Å². The number of benzene rings is 2. The topological polar surface area (TPSA) is 49.4 Å². The summed E-state index contributed by atoms with van der Waals surface area (Å²) in [7, 11) is -3.36. The normalized spacial score (nSPS) is 16.5. The predicted octanol–water partition coefficient (Wildman–Crippen LogP) is 3.71. The number of piperidine rings is 1. The molecule has 6 heteroatoms. The van der Waals surface area contributed by atoms with Crippen molar-refractivity contribution in [2.75, 3.05) is 26.2 Å². The number of hydrogen-bond acceptors (Lipinski definition) is 3. The van der Waals surface area contributed by atoms with E-state index in [1.54, 1.807) is 18.2 Å². The van der Waals surface area contributed by atoms with Crippen LogP contribution in [-0.2, 0) is 22.2 Å². The van der Waals surface area contributed by atoms with E-state index in [9.17, 15) is 8.42 Å². The Hall–Kier alpha value is -1.40. The summed E-state index contributed by atoms with van der Waals surface area (Å²) in [6.07, 6.45) is 3.13. The molecule has 1 aliphatic rings. The van der Waals surface area contributed by atoms with E-state index in [4.69, 9.17) is 11.6 Å². The van der Waals surface area contributed by atoms with Gasteiger partial charge in [-0.3, -0.25) is 0 Å². The molecule has 2 aromatic rings. The number of sulfonamides is 1. The minimum atomic E-state index is -3.36. The summed E-state index contributed by atoms with van der Waals surface area (Å²) < 4.78 is 27.4. The molecule has 0 bridgehead atoms. The minimum Gasteiger partial charge on any atom is -0.303 e. The highest BCUT2D eigenvalue weighted by atomic mass is 35.5. The molecule has 2 aromatic carbocycles. The van der Waals surface area contributed by atoms with Gasteiger partial charge in [-0.2, -0.15) is 0 Å². The Morgan fingerprint density at radius 1 is 1.00 bits per heavy atom. The Kier molecular flexibility index (Phi) is 7.30. The van der Waals surface area contributed by atoms with Crippen LogP contribution in [0, 0.1) is 5.92 Å². The predicted molar refractivity (Wildman–Crippen MR) is 111 cm³/mol. The summed E-state index contributed by atoms with van der Waals surface area (Å²) >= 11 is 6.07. The number of nitrogens with zero attached hydrogens (tertiary/aromatic N) is 1. The lowest BCUT2D eigenvalue weighted by molar-refractivity contribution is 0.187. The molecule has 3 rings (SSSR count). The molecule has 0 spiro atoms. The van der Waals surface area contributed by atoms with Gasteiger partial charge in [0.1, 0.15) is 0 Å². The van der Waals surface area contributed by atoms with Gasteiger partial charge in [0.25, 0.3) is 0 Å². The lowest BCUT2D eigenvalue weighted by atomic mass is 9.97. The van der Waals surface area contributed by atoms with E-state index < -0.39 is 10.0 Å². The quantitative estimate of drug-likeness (QED) is 0.726. The molecule has 0 saturated carbocycles. The summed E-state index contributed by atoms with van der Waals surface area (Å²) in [5.74, 6) is 0.335. The summed E-state index contributed by atoms with van der Waals surface area (Å²) in [5, 5.41) is 0.495. The molecular formula is C21H27ClN2O2S. The Bertz CT molecular complexity index is 819. The number of hydrogen-bond donors (Lipinski definition) is 1. The molecule has 0 aromatic heterocycles. The van der Waals surface area contributed by atoms with Gasteiger partial charge in [0.05, 0.1) is 5.75 Å². The number of halogens is 1. The van der Waals surface area contributed by atoms with E-state index in [0.29, 0.717) is 23.0 Å².